The average molecular weight is 326 g/mol. The predicted octanol–water partition coefficient (Wildman–Crippen LogP) is 3.18. The van der Waals surface area contributed by atoms with Crippen molar-refractivity contribution in [2.75, 3.05) is 6.54 Å². The van der Waals surface area contributed by atoms with Crippen molar-refractivity contribution in [3.8, 4) is 0 Å². The Morgan fingerprint density at radius 3 is 2.74 bits per heavy atom. The number of hydrogen-bond donors (Lipinski definition) is 2. The molecule has 1 aliphatic rings. The average Bonchev–Trinajstić information content (AvgIpc) is 2.40. The van der Waals surface area contributed by atoms with Crippen LogP contribution in [0, 0.1) is 6.92 Å². The fourth-order valence-corrected chi connectivity index (χ4v) is 2.99. The van der Waals surface area contributed by atoms with Gasteiger partial charge in [-0.3, -0.25) is 4.79 Å². The molecular weight excluding hydrogens is 306 g/mol. The highest BCUT2D eigenvalue weighted by Crippen LogP contribution is 2.27. The van der Waals surface area contributed by atoms with Crippen molar-refractivity contribution in [3.05, 3.63) is 33.8 Å². The lowest BCUT2D eigenvalue weighted by Gasteiger charge is -2.32. The Morgan fingerprint density at radius 2 is 2.05 bits per heavy atom. The van der Waals surface area contributed by atoms with Gasteiger partial charge in [-0.2, -0.15) is 0 Å². The maximum atomic E-state index is 12.2. The smallest absolute Gasteiger partial charge is 0.252 e. The third-order valence-corrected chi connectivity index (χ3v) is 4.85. The largest absolute Gasteiger partial charge is 0.388 e. The summed E-state index contributed by atoms with van der Waals surface area (Å²) in [7, 11) is 0. The van der Waals surface area contributed by atoms with Gasteiger partial charge in [0.1, 0.15) is 0 Å². The molecule has 0 bridgehead atoms. The van der Waals surface area contributed by atoms with Crippen LogP contribution >= 0.6 is 15.9 Å². The van der Waals surface area contributed by atoms with Gasteiger partial charge in [0.2, 0.25) is 0 Å². The number of rotatable bonds is 3. The maximum Gasteiger partial charge on any atom is 0.252 e. The minimum absolute atomic E-state index is 0.130. The number of aliphatic hydroxyl groups is 1. The Balaban J connectivity index is 1.99. The monoisotopic (exact) mass is 325 g/mol. The minimum atomic E-state index is -0.718. The summed E-state index contributed by atoms with van der Waals surface area (Å²) in [5.41, 5.74) is 0.938. The second-order valence-corrected chi connectivity index (χ2v) is 6.20. The highest BCUT2D eigenvalue weighted by Gasteiger charge is 2.29. The van der Waals surface area contributed by atoms with E-state index in [9.17, 15) is 9.90 Å². The van der Waals surface area contributed by atoms with Crippen molar-refractivity contribution >= 4 is 21.8 Å². The van der Waals surface area contributed by atoms with Crippen molar-refractivity contribution < 1.29 is 9.90 Å². The minimum Gasteiger partial charge on any atom is -0.388 e. The zero-order valence-corrected chi connectivity index (χ0v) is 12.8. The molecule has 0 aromatic heterocycles. The van der Waals surface area contributed by atoms with Crippen LogP contribution in [0.25, 0.3) is 0 Å². The number of carbonyl (C=O) groups excluding carboxylic acids is 1. The van der Waals surface area contributed by atoms with E-state index in [0.29, 0.717) is 12.1 Å². The predicted molar refractivity (Wildman–Crippen MR) is 79.2 cm³/mol. The first-order valence-electron chi connectivity index (χ1n) is 6.77. The molecule has 1 aromatic carbocycles. The van der Waals surface area contributed by atoms with Crippen molar-refractivity contribution in [2.24, 2.45) is 0 Å². The molecule has 4 heteroatoms. The molecule has 1 aromatic rings. The SMILES string of the molecule is Cc1cccc(C(=O)NCC2(O)CCCCC2)c1Br. The lowest BCUT2D eigenvalue weighted by molar-refractivity contribution is 0.00525. The summed E-state index contributed by atoms with van der Waals surface area (Å²) < 4.78 is 0.822. The lowest BCUT2D eigenvalue weighted by atomic mass is 9.85. The van der Waals surface area contributed by atoms with Gasteiger partial charge in [0.05, 0.1) is 11.2 Å². The second kappa shape index (κ2) is 6.06. The number of hydrogen-bond acceptors (Lipinski definition) is 2. The summed E-state index contributed by atoms with van der Waals surface area (Å²) in [5.74, 6) is -0.130. The summed E-state index contributed by atoms with van der Waals surface area (Å²) in [6.45, 7) is 2.29. The van der Waals surface area contributed by atoms with Crippen LogP contribution in [-0.4, -0.2) is 23.2 Å². The summed E-state index contributed by atoms with van der Waals surface area (Å²) in [6, 6.07) is 5.61. The van der Waals surface area contributed by atoms with Crippen LogP contribution in [0.3, 0.4) is 0 Å². The third-order valence-electron chi connectivity index (χ3n) is 3.80. The van der Waals surface area contributed by atoms with Gasteiger partial charge in [-0.05, 0) is 47.3 Å². The Morgan fingerprint density at radius 1 is 1.37 bits per heavy atom. The molecule has 1 saturated carbocycles. The number of carbonyl (C=O) groups is 1. The molecule has 1 amide bonds. The van der Waals surface area contributed by atoms with Crippen molar-refractivity contribution in [3.63, 3.8) is 0 Å². The summed E-state index contributed by atoms with van der Waals surface area (Å²) in [5, 5.41) is 13.2. The molecule has 104 valence electrons. The quantitative estimate of drug-likeness (QED) is 0.896. The summed E-state index contributed by atoms with van der Waals surface area (Å²) >= 11 is 3.44. The molecule has 1 aliphatic carbocycles. The van der Waals surface area contributed by atoms with E-state index < -0.39 is 5.60 Å². The number of amides is 1. The topological polar surface area (TPSA) is 49.3 Å². The Bertz CT molecular complexity index is 467. The highest BCUT2D eigenvalue weighted by molar-refractivity contribution is 9.10. The van der Waals surface area contributed by atoms with Gasteiger partial charge in [0.25, 0.3) is 5.91 Å². The molecule has 1 fully saturated rings. The van der Waals surface area contributed by atoms with Gasteiger partial charge < -0.3 is 10.4 Å². The van der Waals surface area contributed by atoms with E-state index in [1.807, 2.05) is 19.1 Å². The number of halogens is 1. The number of aryl methyl sites for hydroxylation is 1. The Kier molecular flexibility index (Phi) is 4.63. The van der Waals surface area contributed by atoms with Crippen LogP contribution in [-0.2, 0) is 0 Å². The molecule has 0 radical (unpaired) electrons. The molecule has 2 rings (SSSR count). The van der Waals surface area contributed by atoms with Crippen LogP contribution < -0.4 is 5.32 Å². The van der Waals surface area contributed by atoms with E-state index >= 15 is 0 Å². The summed E-state index contributed by atoms with van der Waals surface area (Å²) in [6.07, 6.45) is 4.82. The molecule has 0 atom stereocenters. The van der Waals surface area contributed by atoms with Crippen LogP contribution in [0.1, 0.15) is 48.0 Å². The van der Waals surface area contributed by atoms with Gasteiger partial charge in [-0.25, -0.2) is 0 Å². The van der Waals surface area contributed by atoms with Crippen molar-refractivity contribution in [2.45, 2.75) is 44.6 Å². The standard InChI is InChI=1S/C15H20BrNO2/c1-11-6-5-7-12(13(11)16)14(18)17-10-15(19)8-3-2-4-9-15/h5-7,19H,2-4,8-10H2,1H3,(H,17,18). The fraction of sp³-hybridized carbons (Fsp3) is 0.533. The molecule has 2 N–H and O–H groups in total. The van der Waals surface area contributed by atoms with Crippen LogP contribution in [0.5, 0.6) is 0 Å². The van der Waals surface area contributed by atoms with E-state index in [-0.39, 0.29) is 5.91 Å². The van der Waals surface area contributed by atoms with Gasteiger partial charge in [-0.15, -0.1) is 0 Å². The zero-order valence-electron chi connectivity index (χ0n) is 11.2. The molecule has 0 saturated heterocycles. The third kappa shape index (κ3) is 3.57. The lowest BCUT2D eigenvalue weighted by Crippen LogP contribution is -2.44. The molecule has 3 nitrogen and oxygen atoms in total. The zero-order chi connectivity index (χ0) is 13.9. The van der Waals surface area contributed by atoms with E-state index in [1.54, 1.807) is 6.07 Å². The van der Waals surface area contributed by atoms with Gasteiger partial charge in [0, 0.05) is 11.0 Å². The normalized spacial score (nSPS) is 18.1. The van der Waals surface area contributed by atoms with Crippen LogP contribution in [0.4, 0.5) is 0 Å². The first-order chi connectivity index (χ1) is 9.02. The molecule has 0 heterocycles. The van der Waals surface area contributed by atoms with E-state index in [1.165, 1.54) is 6.42 Å². The first-order valence-corrected chi connectivity index (χ1v) is 7.57. The maximum absolute atomic E-state index is 12.2. The van der Waals surface area contributed by atoms with Crippen LogP contribution in [0.15, 0.2) is 22.7 Å². The molecular formula is C15H20BrNO2. The first kappa shape index (κ1) is 14.5. The van der Waals surface area contributed by atoms with E-state index in [2.05, 4.69) is 21.2 Å². The molecule has 0 aliphatic heterocycles. The Hall–Kier alpha value is -0.870. The van der Waals surface area contributed by atoms with Crippen molar-refractivity contribution in [1.82, 2.24) is 5.32 Å². The van der Waals surface area contributed by atoms with Crippen LogP contribution in [0.2, 0.25) is 0 Å². The van der Waals surface area contributed by atoms with E-state index in [4.69, 9.17) is 0 Å². The molecule has 19 heavy (non-hydrogen) atoms. The van der Waals surface area contributed by atoms with Gasteiger partial charge >= 0.3 is 0 Å². The number of benzene rings is 1. The van der Waals surface area contributed by atoms with Gasteiger partial charge in [0.15, 0.2) is 0 Å². The summed E-state index contributed by atoms with van der Waals surface area (Å²) in [4.78, 5) is 12.2. The second-order valence-electron chi connectivity index (χ2n) is 5.40. The molecule has 0 unspecified atom stereocenters. The van der Waals surface area contributed by atoms with Crippen molar-refractivity contribution in [1.29, 1.82) is 0 Å². The van der Waals surface area contributed by atoms with E-state index in [0.717, 1.165) is 35.7 Å². The Labute approximate surface area is 122 Å². The number of nitrogens with one attached hydrogen (secondary N) is 1. The van der Waals surface area contributed by atoms with Gasteiger partial charge in [-0.1, -0.05) is 31.4 Å². The highest BCUT2D eigenvalue weighted by atomic mass is 79.9. The fourth-order valence-electron chi connectivity index (χ4n) is 2.55. The molecule has 0 spiro atoms.